The van der Waals surface area contributed by atoms with Crippen LogP contribution in [-0.4, -0.2) is 36.6 Å². The Morgan fingerprint density at radius 1 is 1.40 bits per heavy atom. The maximum absolute atomic E-state index is 11.8. The van der Waals surface area contributed by atoms with Gasteiger partial charge in [-0.1, -0.05) is 0 Å². The summed E-state index contributed by atoms with van der Waals surface area (Å²) >= 11 is 0. The van der Waals surface area contributed by atoms with E-state index in [0.29, 0.717) is 16.8 Å². The third kappa shape index (κ3) is 2.49. The van der Waals surface area contributed by atoms with Crippen LogP contribution >= 0.6 is 0 Å². The number of rotatable bonds is 3. The summed E-state index contributed by atoms with van der Waals surface area (Å²) in [5, 5.41) is 8.96. The summed E-state index contributed by atoms with van der Waals surface area (Å²) in [6, 6.07) is 4.90. The Kier molecular flexibility index (Phi) is 3.74. The second-order valence-corrected chi connectivity index (χ2v) is 4.73. The van der Waals surface area contributed by atoms with Crippen molar-refractivity contribution in [3.8, 4) is 0 Å². The Morgan fingerprint density at radius 3 is 2.60 bits per heavy atom. The number of ether oxygens (including phenoxy) is 1. The molecule has 1 aromatic rings. The Morgan fingerprint density at radius 2 is 2.10 bits per heavy atom. The third-order valence-electron chi connectivity index (χ3n) is 3.40. The molecule has 0 radical (unpaired) electrons. The Bertz CT molecular complexity index is 581. The van der Waals surface area contributed by atoms with Crippen LogP contribution < -0.4 is 4.90 Å². The molecule has 6 nitrogen and oxygen atoms in total. The van der Waals surface area contributed by atoms with Gasteiger partial charge in [0.05, 0.1) is 18.6 Å². The zero-order valence-electron chi connectivity index (χ0n) is 11.3. The number of carboxylic acids is 1. The number of benzene rings is 1. The number of carboxylic acid groups (broad SMARTS) is 1. The monoisotopic (exact) mass is 277 g/mol. The number of amides is 1. The molecular weight excluding hydrogens is 262 g/mol. The Labute approximate surface area is 115 Å². The molecule has 1 aliphatic rings. The number of carbonyl (C=O) groups excluding carboxylic acids is 2. The van der Waals surface area contributed by atoms with Crippen molar-refractivity contribution < 1.29 is 24.2 Å². The predicted molar refractivity (Wildman–Crippen MR) is 70.6 cm³/mol. The number of esters is 1. The fourth-order valence-electron chi connectivity index (χ4n) is 2.28. The van der Waals surface area contributed by atoms with Crippen LogP contribution in [0.3, 0.4) is 0 Å². The molecule has 1 amide bonds. The summed E-state index contributed by atoms with van der Waals surface area (Å²) in [5.41, 5.74) is 1.71. The molecule has 1 aliphatic heterocycles. The number of carbonyl (C=O) groups is 3. The minimum atomic E-state index is -0.969. The van der Waals surface area contributed by atoms with Crippen molar-refractivity contribution in [1.29, 1.82) is 0 Å². The summed E-state index contributed by atoms with van der Waals surface area (Å²) in [6.45, 7) is 1.90. The summed E-state index contributed by atoms with van der Waals surface area (Å²) in [7, 11) is 1.30. The molecule has 0 aliphatic carbocycles. The molecule has 1 aromatic carbocycles. The quantitative estimate of drug-likeness (QED) is 0.840. The van der Waals surface area contributed by atoms with Gasteiger partial charge >= 0.3 is 11.9 Å². The molecule has 0 spiro atoms. The fourth-order valence-corrected chi connectivity index (χ4v) is 2.28. The molecule has 106 valence electrons. The number of methoxy groups -OCH3 is 1. The lowest BCUT2D eigenvalue weighted by molar-refractivity contribution is -0.141. The van der Waals surface area contributed by atoms with Crippen LogP contribution in [0.25, 0.3) is 0 Å². The van der Waals surface area contributed by atoms with Gasteiger partial charge in [0.15, 0.2) is 0 Å². The molecule has 6 heteroatoms. The molecule has 20 heavy (non-hydrogen) atoms. The normalized spacial score (nSPS) is 18.2. The topological polar surface area (TPSA) is 83.9 Å². The summed E-state index contributed by atoms with van der Waals surface area (Å²) in [5.74, 6) is -2.31. The molecule has 2 rings (SSSR count). The molecular formula is C14H15NO5. The van der Waals surface area contributed by atoms with Gasteiger partial charge in [0.1, 0.15) is 0 Å². The van der Waals surface area contributed by atoms with Crippen LogP contribution in [0.1, 0.15) is 22.3 Å². The molecule has 1 fully saturated rings. The van der Waals surface area contributed by atoms with E-state index in [1.807, 2.05) is 0 Å². The second kappa shape index (κ2) is 5.32. The van der Waals surface area contributed by atoms with Gasteiger partial charge in [-0.25, -0.2) is 4.79 Å². The molecule has 1 N–H and O–H groups in total. The van der Waals surface area contributed by atoms with Gasteiger partial charge in [-0.15, -0.1) is 0 Å². The van der Waals surface area contributed by atoms with E-state index in [1.54, 1.807) is 25.1 Å². The minimum Gasteiger partial charge on any atom is -0.481 e. The number of anilines is 1. The SMILES string of the molecule is COC(=O)c1ccc(N2CC(C(=O)O)CC2=O)cc1C. The van der Waals surface area contributed by atoms with E-state index in [2.05, 4.69) is 4.74 Å². The van der Waals surface area contributed by atoms with Gasteiger partial charge in [0, 0.05) is 18.7 Å². The molecule has 0 saturated carbocycles. The van der Waals surface area contributed by atoms with Crippen LogP contribution in [0.15, 0.2) is 18.2 Å². The Hall–Kier alpha value is -2.37. The van der Waals surface area contributed by atoms with Crippen molar-refractivity contribution in [3.05, 3.63) is 29.3 Å². The number of aliphatic carboxylic acids is 1. The van der Waals surface area contributed by atoms with E-state index >= 15 is 0 Å². The van der Waals surface area contributed by atoms with E-state index in [0.717, 1.165) is 0 Å². The van der Waals surface area contributed by atoms with Gasteiger partial charge in [-0.3, -0.25) is 9.59 Å². The van der Waals surface area contributed by atoms with E-state index in [4.69, 9.17) is 5.11 Å². The van der Waals surface area contributed by atoms with Crippen molar-refractivity contribution in [2.24, 2.45) is 5.92 Å². The highest BCUT2D eigenvalue weighted by Crippen LogP contribution is 2.27. The van der Waals surface area contributed by atoms with Crippen LogP contribution in [0.2, 0.25) is 0 Å². The van der Waals surface area contributed by atoms with E-state index < -0.39 is 17.9 Å². The zero-order valence-corrected chi connectivity index (χ0v) is 11.3. The Balaban J connectivity index is 2.26. The summed E-state index contributed by atoms with van der Waals surface area (Å²) in [4.78, 5) is 35.7. The maximum atomic E-state index is 11.8. The van der Waals surface area contributed by atoms with E-state index in [9.17, 15) is 14.4 Å². The van der Waals surface area contributed by atoms with Crippen molar-refractivity contribution in [2.75, 3.05) is 18.6 Å². The number of aryl methyl sites for hydroxylation is 1. The summed E-state index contributed by atoms with van der Waals surface area (Å²) in [6.07, 6.45) is 0.00708. The highest BCUT2D eigenvalue weighted by Gasteiger charge is 2.35. The molecule has 0 bridgehead atoms. The smallest absolute Gasteiger partial charge is 0.338 e. The molecule has 1 atom stereocenters. The first kappa shape index (κ1) is 14.0. The van der Waals surface area contributed by atoms with Crippen LogP contribution in [0, 0.1) is 12.8 Å². The maximum Gasteiger partial charge on any atom is 0.338 e. The first-order valence-electron chi connectivity index (χ1n) is 6.16. The predicted octanol–water partition coefficient (Wildman–Crippen LogP) is 1.22. The van der Waals surface area contributed by atoms with E-state index in [-0.39, 0.29) is 18.9 Å². The van der Waals surface area contributed by atoms with Gasteiger partial charge < -0.3 is 14.7 Å². The number of nitrogens with zero attached hydrogens (tertiary/aromatic N) is 1. The molecule has 1 unspecified atom stereocenters. The largest absolute Gasteiger partial charge is 0.481 e. The minimum absolute atomic E-state index is 0.00708. The van der Waals surface area contributed by atoms with Crippen LogP contribution in [-0.2, 0) is 14.3 Å². The number of hydrogen-bond acceptors (Lipinski definition) is 4. The van der Waals surface area contributed by atoms with Gasteiger partial charge in [0.2, 0.25) is 5.91 Å². The number of hydrogen-bond donors (Lipinski definition) is 1. The molecule has 1 heterocycles. The zero-order chi connectivity index (χ0) is 14.9. The van der Waals surface area contributed by atoms with Crippen LogP contribution in [0.5, 0.6) is 0 Å². The van der Waals surface area contributed by atoms with Crippen molar-refractivity contribution in [2.45, 2.75) is 13.3 Å². The van der Waals surface area contributed by atoms with Gasteiger partial charge in [-0.2, -0.15) is 0 Å². The van der Waals surface area contributed by atoms with Crippen molar-refractivity contribution >= 4 is 23.5 Å². The highest BCUT2D eigenvalue weighted by molar-refractivity contribution is 6.00. The molecule has 1 saturated heterocycles. The van der Waals surface area contributed by atoms with Gasteiger partial charge in [-0.05, 0) is 30.7 Å². The average molecular weight is 277 g/mol. The van der Waals surface area contributed by atoms with Crippen molar-refractivity contribution in [3.63, 3.8) is 0 Å². The standard InChI is InChI=1S/C14H15NO5/c1-8-5-10(3-4-11(8)14(19)20-2)15-7-9(13(17)18)6-12(15)16/h3-5,9H,6-7H2,1-2H3,(H,17,18). The first-order chi connectivity index (χ1) is 9.43. The molecule has 0 aromatic heterocycles. The summed E-state index contributed by atoms with van der Waals surface area (Å²) < 4.78 is 4.65. The fraction of sp³-hybridized carbons (Fsp3) is 0.357. The second-order valence-electron chi connectivity index (χ2n) is 4.73. The van der Waals surface area contributed by atoms with E-state index in [1.165, 1.54) is 12.0 Å². The first-order valence-corrected chi connectivity index (χ1v) is 6.16. The lowest BCUT2D eigenvalue weighted by Gasteiger charge is -2.17. The lowest BCUT2D eigenvalue weighted by atomic mass is 10.1. The lowest BCUT2D eigenvalue weighted by Crippen LogP contribution is -2.26. The highest BCUT2D eigenvalue weighted by atomic mass is 16.5. The third-order valence-corrected chi connectivity index (χ3v) is 3.40. The average Bonchev–Trinajstić information content (AvgIpc) is 2.80. The van der Waals surface area contributed by atoms with Crippen molar-refractivity contribution in [1.82, 2.24) is 0 Å². The van der Waals surface area contributed by atoms with Gasteiger partial charge in [0.25, 0.3) is 0 Å². The van der Waals surface area contributed by atoms with Crippen LogP contribution in [0.4, 0.5) is 5.69 Å².